The van der Waals surface area contributed by atoms with Crippen LogP contribution in [0.25, 0.3) is 0 Å². The van der Waals surface area contributed by atoms with Crippen LogP contribution in [-0.2, 0) is 5.88 Å². The first-order valence-corrected chi connectivity index (χ1v) is 5.19. The highest BCUT2D eigenvalue weighted by Gasteiger charge is 2.18. The fraction of sp³-hybridized carbons (Fsp3) is 0.250. The van der Waals surface area contributed by atoms with Gasteiger partial charge in [-0.15, -0.1) is 11.6 Å². The van der Waals surface area contributed by atoms with Gasteiger partial charge in [0.05, 0.1) is 0 Å². The molecule has 1 heterocycles. The predicted octanol–water partition coefficient (Wildman–Crippen LogP) is 3.18. The first-order valence-electron chi connectivity index (χ1n) is 3.58. The molecule has 0 aliphatic carbocycles. The molecule has 0 aliphatic heterocycles. The van der Waals surface area contributed by atoms with E-state index in [-0.39, 0.29) is 20.7 Å². The highest BCUT2D eigenvalue weighted by Crippen LogP contribution is 2.27. The van der Waals surface area contributed by atoms with Crippen molar-refractivity contribution >= 4 is 40.5 Å². The summed E-state index contributed by atoms with van der Waals surface area (Å²) in [5, 5.41) is 0. The second kappa shape index (κ2) is 4.97. The Morgan fingerprint density at radius 3 is 2.71 bits per heavy atom. The maximum atomic E-state index is 12.4. The predicted molar refractivity (Wildman–Crippen MR) is 56.9 cm³/mol. The third-order valence-corrected chi connectivity index (χ3v) is 3.12. The molecule has 0 aromatic carbocycles. The lowest BCUT2D eigenvalue weighted by Crippen LogP contribution is -2.02. The van der Waals surface area contributed by atoms with Crippen molar-refractivity contribution in [3.05, 3.63) is 26.6 Å². The van der Waals surface area contributed by atoms with Crippen LogP contribution in [0.1, 0.15) is 28.0 Å². The van der Waals surface area contributed by atoms with Gasteiger partial charge in [-0.25, -0.2) is 8.78 Å². The van der Waals surface area contributed by atoms with Gasteiger partial charge in [0.15, 0.2) is 6.29 Å². The molecule has 0 fully saturated rings. The van der Waals surface area contributed by atoms with E-state index in [2.05, 4.69) is 4.98 Å². The van der Waals surface area contributed by atoms with Crippen molar-refractivity contribution < 1.29 is 13.6 Å². The first-order chi connectivity index (χ1) is 6.61. The highest BCUT2D eigenvalue weighted by molar-refractivity contribution is 14.1. The molecule has 0 N–H and O–H groups in total. The number of alkyl halides is 3. The molecule has 0 aliphatic rings. The van der Waals surface area contributed by atoms with Gasteiger partial charge in [-0.3, -0.25) is 9.78 Å². The lowest BCUT2D eigenvalue weighted by Gasteiger charge is -2.08. The van der Waals surface area contributed by atoms with Crippen LogP contribution in [-0.4, -0.2) is 11.3 Å². The highest BCUT2D eigenvalue weighted by atomic mass is 127. The van der Waals surface area contributed by atoms with Gasteiger partial charge in [0.1, 0.15) is 5.69 Å². The van der Waals surface area contributed by atoms with Gasteiger partial charge >= 0.3 is 0 Å². The number of halogens is 4. The van der Waals surface area contributed by atoms with Crippen LogP contribution in [0.4, 0.5) is 8.78 Å². The smallest absolute Gasteiger partial charge is 0.281 e. The number of aromatic nitrogens is 1. The molecule has 0 spiro atoms. The number of hydrogen-bond donors (Lipinski definition) is 0. The Balaban J connectivity index is 3.34. The zero-order chi connectivity index (χ0) is 10.7. The van der Waals surface area contributed by atoms with Crippen LogP contribution in [0.15, 0.2) is 6.20 Å². The molecule has 14 heavy (non-hydrogen) atoms. The minimum Gasteiger partial charge on any atom is -0.298 e. The Labute approximate surface area is 97.8 Å². The number of carbonyl (C=O) groups is 1. The summed E-state index contributed by atoms with van der Waals surface area (Å²) in [6, 6.07) is 0. The van der Waals surface area contributed by atoms with Crippen LogP contribution >= 0.6 is 34.2 Å². The molecule has 0 saturated heterocycles. The summed E-state index contributed by atoms with van der Waals surface area (Å²) < 4.78 is 25.0. The molecular weight excluding hydrogens is 326 g/mol. The zero-order valence-corrected chi connectivity index (χ0v) is 9.72. The molecule has 1 aromatic heterocycles. The van der Waals surface area contributed by atoms with E-state index in [1.165, 1.54) is 0 Å². The fourth-order valence-corrected chi connectivity index (χ4v) is 2.33. The molecule has 0 saturated carbocycles. The van der Waals surface area contributed by atoms with Crippen LogP contribution in [0.3, 0.4) is 0 Å². The van der Waals surface area contributed by atoms with Gasteiger partial charge in [0.2, 0.25) is 0 Å². The van der Waals surface area contributed by atoms with Crippen molar-refractivity contribution in [2.75, 3.05) is 0 Å². The lowest BCUT2D eigenvalue weighted by molar-refractivity contribution is 0.112. The van der Waals surface area contributed by atoms with E-state index in [4.69, 9.17) is 11.6 Å². The molecule has 0 amide bonds. The van der Waals surface area contributed by atoms with Crippen molar-refractivity contribution in [3.8, 4) is 0 Å². The lowest BCUT2D eigenvalue weighted by atomic mass is 10.1. The average molecular weight is 331 g/mol. The molecule has 0 bridgehead atoms. The molecule has 1 rings (SSSR count). The molecule has 76 valence electrons. The van der Waals surface area contributed by atoms with Gasteiger partial charge in [0.25, 0.3) is 6.43 Å². The second-order valence-corrected chi connectivity index (χ2v) is 3.79. The Kier molecular flexibility index (Phi) is 4.18. The first kappa shape index (κ1) is 11.8. The molecular formula is C8H5ClF2INO. The van der Waals surface area contributed by atoms with Crippen molar-refractivity contribution in [2.45, 2.75) is 12.3 Å². The van der Waals surface area contributed by atoms with E-state index in [1.807, 2.05) is 0 Å². The maximum Gasteiger partial charge on any atom is 0.281 e. The standard InChI is InChI=1S/C8H5ClF2INO/c9-1-5-4(3-14)2-13-7(6(5)12)8(10)11/h2-3,8H,1H2. The molecule has 6 heteroatoms. The number of rotatable bonds is 3. The van der Waals surface area contributed by atoms with Crippen molar-refractivity contribution in [3.63, 3.8) is 0 Å². The SMILES string of the molecule is O=Cc1cnc(C(F)F)c(I)c1CCl. The Morgan fingerprint density at radius 2 is 2.29 bits per heavy atom. The van der Waals surface area contributed by atoms with E-state index in [1.54, 1.807) is 22.6 Å². The third kappa shape index (κ3) is 2.20. The van der Waals surface area contributed by atoms with Crippen LogP contribution in [0.5, 0.6) is 0 Å². The van der Waals surface area contributed by atoms with Crippen molar-refractivity contribution in [2.24, 2.45) is 0 Å². The number of aldehydes is 1. The number of hydrogen-bond acceptors (Lipinski definition) is 2. The molecule has 0 atom stereocenters. The normalized spacial score (nSPS) is 10.6. The van der Waals surface area contributed by atoms with Gasteiger partial charge < -0.3 is 0 Å². The minimum absolute atomic E-state index is 0.0224. The van der Waals surface area contributed by atoms with E-state index in [9.17, 15) is 13.6 Å². The van der Waals surface area contributed by atoms with E-state index >= 15 is 0 Å². The largest absolute Gasteiger partial charge is 0.298 e. The summed E-state index contributed by atoms with van der Waals surface area (Å²) in [5.41, 5.74) is 0.341. The molecule has 0 unspecified atom stereocenters. The van der Waals surface area contributed by atoms with Crippen LogP contribution in [0.2, 0.25) is 0 Å². The average Bonchev–Trinajstić information content (AvgIpc) is 2.16. The summed E-state index contributed by atoms with van der Waals surface area (Å²) >= 11 is 7.28. The fourth-order valence-electron chi connectivity index (χ4n) is 0.945. The Morgan fingerprint density at radius 1 is 1.64 bits per heavy atom. The van der Waals surface area contributed by atoms with Crippen LogP contribution in [0, 0.1) is 3.57 Å². The van der Waals surface area contributed by atoms with E-state index in [0.717, 1.165) is 6.20 Å². The molecule has 1 aromatic rings. The monoisotopic (exact) mass is 331 g/mol. The maximum absolute atomic E-state index is 12.4. The Hall–Kier alpha value is -0.300. The van der Waals surface area contributed by atoms with E-state index < -0.39 is 6.43 Å². The molecule has 2 nitrogen and oxygen atoms in total. The third-order valence-electron chi connectivity index (χ3n) is 1.65. The van der Waals surface area contributed by atoms with Gasteiger partial charge in [0, 0.05) is 21.2 Å². The van der Waals surface area contributed by atoms with Crippen molar-refractivity contribution in [1.82, 2.24) is 4.98 Å². The summed E-state index contributed by atoms with van der Waals surface area (Å²) in [5.74, 6) is 0.0224. The number of carbonyl (C=O) groups excluding carboxylic acids is 1. The second-order valence-electron chi connectivity index (χ2n) is 2.44. The van der Waals surface area contributed by atoms with E-state index in [0.29, 0.717) is 11.8 Å². The summed E-state index contributed by atoms with van der Waals surface area (Å²) in [6.07, 6.45) is -0.971. The summed E-state index contributed by atoms with van der Waals surface area (Å²) in [4.78, 5) is 14.0. The van der Waals surface area contributed by atoms with Crippen LogP contribution < -0.4 is 0 Å². The topological polar surface area (TPSA) is 30.0 Å². The summed E-state index contributed by atoms with van der Waals surface area (Å²) in [7, 11) is 0. The summed E-state index contributed by atoms with van der Waals surface area (Å²) in [6.45, 7) is 0. The molecule has 0 radical (unpaired) electrons. The van der Waals surface area contributed by atoms with Gasteiger partial charge in [-0.05, 0) is 28.2 Å². The Bertz CT molecular complexity index is 359. The number of pyridine rings is 1. The quantitative estimate of drug-likeness (QED) is 0.484. The van der Waals surface area contributed by atoms with Gasteiger partial charge in [-0.1, -0.05) is 0 Å². The zero-order valence-electron chi connectivity index (χ0n) is 6.81. The van der Waals surface area contributed by atoms with Gasteiger partial charge in [-0.2, -0.15) is 0 Å². The van der Waals surface area contributed by atoms with Crippen molar-refractivity contribution in [1.29, 1.82) is 0 Å². The number of nitrogens with zero attached hydrogens (tertiary/aromatic N) is 1. The minimum atomic E-state index is -2.65.